The van der Waals surface area contributed by atoms with Gasteiger partial charge in [0, 0.05) is 17.9 Å². The zero-order valence-corrected chi connectivity index (χ0v) is 18.1. The molecule has 2 amide bonds. The number of aryl methyl sites for hydroxylation is 2. The van der Waals surface area contributed by atoms with E-state index in [1.54, 1.807) is 0 Å². The van der Waals surface area contributed by atoms with Crippen molar-refractivity contribution in [2.24, 2.45) is 0 Å². The molecule has 8 heteroatoms. The summed E-state index contributed by atoms with van der Waals surface area (Å²) in [6, 6.07) is 15.2. The lowest BCUT2D eigenvalue weighted by molar-refractivity contribution is -0.116. The Bertz CT molecular complexity index is 1010. The first-order chi connectivity index (χ1) is 14.5. The number of hydrogen-bond acceptors (Lipinski definition) is 5. The quantitative estimate of drug-likeness (QED) is 0.538. The highest BCUT2D eigenvalue weighted by atomic mass is 32.2. The highest BCUT2D eigenvalue weighted by molar-refractivity contribution is 7.99. The molecule has 3 rings (SSSR count). The number of para-hydroxylation sites is 2. The molecular formula is C22H25N5O2S. The molecule has 3 aromatic rings. The lowest BCUT2D eigenvalue weighted by Crippen LogP contribution is -2.18. The average molecular weight is 424 g/mol. The van der Waals surface area contributed by atoms with Crippen LogP contribution in [0.1, 0.15) is 23.9 Å². The molecule has 0 aliphatic carbocycles. The molecule has 0 radical (unpaired) electrons. The molecule has 0 aliphatic heterocycles. The Balaban J connectivity index is 1.60. The van der Waals surface area contributed by atoms with Gasteiger partial charge < -0.3 is 15.2 Å². The van der Waals surface area contributed by atoms with E-state index in [-0.39, 0.29) is 24.0 Å². The highest BCUT2D eigenvalue weighted by Gasteiger charge is 2.16. The third-order valence-corrected chi connectivity index (χ3v) is 5.53. The number of rotatable bonds is 8. The third kappa shape index (κ3) is 5.48. The first kappa shape index (κ1) is 21.6. The van der Waals surface area contributed by atoms with Gasteiger partial charge in [0.2, 0.25) is 11.8 Å². The zero-order chi connectivity index (χ0) is 21.5. The standard InChI is InChI=1S/C22H25N5O2S/c1-4-27-18(13-19(28)23-17-11-6-5-7-12-17)25-26-22(27)30-14-20(29)24-21-15(2)9-8-10-16(21)3/h5-12H,4,13-14H2,1-3H3,(H,23,28)(H,24,29). The van der Waals surface area contributed by atoms with Crippen molar-refractivity contribution in [3.63, 3.8) is 0 Å². The minimum Gasteiger partial charge on any atom is -0.326 e. The van der Waals surface area contributed by atoms with E-state index >= 15 is 0 Å². The predicted molar refractivity (Wildman–Crippen MR) is 120 cm³/mol. The molecule has 1 heterocycles. The molecule has 30 heavy (non-hydrogen) atoms. The van der Waals surface area contributed by atoms with Crippen LogP contribution in [0.5, 0.6) is 0 Å². The number of aromatic nitrogens is 3. The predicted octanol–water partition coefficient (Wildman–Crippen LogP) is 3.83. The van der Waals surface area contributed by atoms with Gasteiger partial charge in [-0.15, -0.1) is 10.2 Å². The molecular weight excluding hydrogens is 398 g/mol. The van der Waals surface area contributed by atoms with Crippen LogP contribution in [-0.2, 0) is 22.6 Å². The molecule has 2 aromatic carbocycles. The van der Waals surface area contributed by atoms with Crippen LogP contribution >= 0.6 is 11.8 Å². The van der Waals surface area contributed by atoms with Crippen LogP contribution in [0.3, 0.4) is 0 Å². The maximum absolute atomic E-state index is 12.4. The van der Waals surface area contributed by atoms with Gasteiger partial charge in [-0.2, -0.15) is 0 Å². The second-order valence-corrected chi connectivity index (χ2v) is 7.78. The minimum atomic E-state index is -0.160. The van der Waals surface area contributed by atoms with Crippen LogP contribution in [0.15, 0.2) is 53.7 Å². The number of anilines is 2. The summed E-state index contributed by atoms with van der Waals surface area (Å²) in [6.45, 7) is 6.51. The Morgan fingerprint density at radius 1 is 0.933 bits per heavy atom. The van der Waals surface area contributed by atoms with Gasteiger partial charge in [0.1, 0.15) is 5.82 Å². The van der Waals surface area contributed by atoms with Gasteiger partial charge >= 0.3 is 0 Å². The molecule has 0 saturated heterocycles. The number of benzene rings is 2. The second-order valence-electron chi connectivity index (χ2n) is 6.84. The SMILES string of the molecule is CCn1c(CC(=O)Nc2ccccc2)nnc1SCC(=O)Nc1c(C)cccc1C. The van der Waals surface area contributed by atoms with Crippen LogP contribution in [-0.4, -0.2) is 32.3 Å². The first-order valence-corrected chi connectivity index (χ1v) is 10.7. The summed E-state index contributed by atoms with van der Waals surface area (Å²) in [5, 5.41) is 14.8. The molecule has 0 atom stereocenters. The monoisotopic (exact) mass is 423 g/mol. The molecule has 0 fully saturated rings. The zero-order valence-electron chi connectivity index (χ0n) is 17.3. The van der Waals surface area contributed by atoms with Gasteiger partial charge in [0.05, 0.1) is 12.2 Å². The van der Waals surface area contributed by atoms with E-state index in [4.69, 9.17) is 0 Å². The number of thioether (sulfide) groups is 1. The van der Waals surface area contributed by atoms with Gasteiger partial charge in [-0.3, -0.25) is 9.59 Å². The molecule has 156 valence electrons. The van der Waals surface area contributed by atoms with Gasteiger partial charge in [-0.1, -0.05) is 48.2 Å². The fourth-order valence-electron chi connectivity index (χ4n) is 3.06. The van der Waals surface area contributed by atoms with Crippen molar-refractivity contribution in [3.05, 3.63) is 65.5 Å². The second kappa shape index (κ2) is 10.1. The van der Waals surface area contributed by atoms with Crippen LogP contribution in [0.2, 0.25) is 0 Å². The number of amides is 2. The van der Waals surface area contributed by atoms with Crippen LogP contribution in [0, 0.1) is 13.8 Å². The van der Waals surface area contributed by atoms with E-state index in [9.17, 15) is 9.59 Å². The smallest absolute Gasteiger partial charge is 0.234 e. The lowest BCUT2D eigenvalue weighted by atomic mass is 10.1. The van der Waals surface area contributed by atoms with Gasteiger partial charge in [-0.05, 0) is 44.0 Å². The Morgan fingerprint density at radius 2 is 1.63 bits per heavy atom. The van der Waals surface area contributed by atoms with Crippen molar-refractivity contribution in [1.82, 2.24) is 14.8 Å². The molecule has 0 bridgehead atoms. The normalized spacial score (nSPS) is 10.6. The first-order valence-electron chi connectivity index (χ1n) is 9.73. The summed E-state index contributed by atoms with van der Waals surface area (Å²) < 4.78 is 1.86. The van der Waals surface area contributed by atoms with E-state index in [2.05, 4.69) is 20.8 Å². The minimum absolute atomic E-state index is 0.105. The summed E-state index contributed by atoms with van der Waals surface area (Å²) in [4.78, 5) is 24.8. The summed E-state index contributed by atoms with van der Waals surface area (Å²) in [5.41, 5.74) is 3.63. The molecule has 0 aliphatic rings. The van der Waals surface area contributed by atoms with Gasteiger partial charge in [-0.25, -0.2) is 0 Å². The van der Waals surface area contributed by atoms with E-state index < -0.39 is 0 Å². The number of hydrogen-bond donors (Lipinski definition) is 2. The number of carbonyl (C=O) groups excluding carboxylic acids is 2. The Labute approximate surface area is 180 Å². The Morgan fingerprint density at radius 3 is 2.30 bits per heavy atom. The molecule has 0 saturated carbocycles. The molecule has 2 N–H and O–H groups in total. The van der Waals surface area contributed by atoms with Crippen molar-refractivity contribution < 1.29 is 9.59 Å². The number of carbonyl (C=O) groups is 2. The van der Waals surface area contributed by atoms with Crippen LogP contribution in [0.25, 0.3) is 0 Å². The maximum Gasteiger partial charge on any atom is 0.234 e. The lowest BCUT2D eigenvalue weighted by Gasteiger charge is -2.11. The van der Waals surface area contributed by atoms with Gasteiger partial charge in [0.15, 0.2) is 5.16 Å². The summed E-state index contributed by atoms with van der Waals surface area (Å²) in [6.07, 6.45) is 0.116. The van der Waals surface area contributed by atoms with E-state index in [1.165, 1.54) is 11.8 Å². The van der Waals surface area contributed by atoms with Crippen LogP contribution < -0.4 is 10.6 Å². The molecule has 1 aromatic heterocycles. The summed E-state index contributed by atoms with van der Waals surface area (Å²) >= 11 is 1.31. The van der Waals surface area contributed by atoms with Crippen molar-refractivity contribution in [1.29, 1.82) is 0 Å². The maximum atomic E-state index is 12.4. The largest absolute Gasteiger partial charge is 0.326 e. The van der Waals surface area contributed by atoms with E-state index in [0.717, 1.165) is 22.5 Å². The average Bonchev–Trinajstić information content (AvgIpc) is 3.11. The van der Waals surface area contributed by atoms with E-state index in [1.807, 2.05) is 73.9 Å². The fraction of sp³-hybridized carbons (Fsp3) is 0.273. The van der Waals surface area contributed by atoms with Crippen molar-refractivity contribution in [2.45, 2.75) is 38.9 Å². The van der Waals surface area contributed by atoms with Crippen LogP contribution in [0.4, 0.5) is 11.4 Å². The van der Waals surface area contributed by atoms with Gasteiger partial charge in [0.25, 0.3) is 0 Å². The van der Waals surface area contributed by atoms with Crippen molar-refractivity contribution in [3.8, 4) is 0 Å². The molecule has 0 unspecified atom stereocenters. The Hall–Kier alpha value is -3.13. The summed E-state index contributed by atoms with van der Waals surface area (Å²) in [7, 11) is 0. The molecule has 0 spiro atoms. The van der Waals surface area contributed by atoms with Crippen molar-refractivity contribution in [2.75, 3.05) is 16.4 Å². The number of nitrogens with zero attached hydrogens (tertiary/aromatic N) is 3. The van der Waals surface area contributed by atoms with E-state index in [0.29, 0.717) is 17.5 Å². The third-order valence-electron chi connectivity index (χ3n) is 4.56. The van der Waals surface area contributed by atoms with Crippen molar-refractivity contribution >= 4 is 35.0 Å². The topological polar surface area (TPSA) is 88.9 Å². The highest BCUT2D eigenvalue weighted by Crippen LogP contribution is 2.22. The number of nitrogens with one attached hydrogen (secondary N) is 2. The molecule has 7 nitrogen and oxygen atoms in total. The summed E-state index contributed by atoms with van der Waals surface area (Å²) in [5.74, 6) is 0.518. The Kier molecular flexibility index (Phi) is 7.24. The fourth-order valence-corrected chi connectivity index (χ4v) is 3.88.